The lowest BCUT2D eigenvalue weighted by molar-refractivity contribution is 0.0556. The summed E-state index contributed by atoms with van der Waals surface area (Å²) in [6.07, 6.45) is 4.40. The number of piperidine rings is 1. The predicted octanol–water partition coefficient (Wildman–Crippen LogP) is 3.95. The van der Waals surface area contributed by atoms with Crippen molar-refractivity contribution in [1.82, 2.24) is 14.8 Å². The zero-order valence-electron chi connectivity index (χ0n) is 18.3. The Hall–Kier alpha value is -2.92. The number of likely N-dealkylation sites (tertiary alicyclic amines) is 1. The maximum atomic E-state index is 13.6. The van der Waals surface area contributed by atoms with Gasteiger partial charge in [-0.25, -0.2) is 4.98 Å². The molecule has 5 heteroatoms. The summed E-state index contributed by atoms with van der Waals surface area (Å²) >= 11 is 0. The number of likely N-dealkylation sites (N-methyl/N-ethyl adjacent to an activating group) is 1. The zero-order valence-corrected chi connectivity index (χ0v) is 18.3. The number of nitrogens with zero attached hydrogens (tertiary/aromatic N) is 3. The maximum absolute atomic E-state index is 13.6. The molecule has 1 aliphatic carbocycles. The number of fused-ring (bicyclic) bond motifs is 2. The first-order valence-corrected chi connectivity index (χ1v) is 11.2. The molecule has 0 saturated carbocycles. The molecular weight excluding hydrogens is 386 g/mol. The summed E-state index contributed by atoms with van der Waals surface area (Å²) < 4.78 is 5.36. The Kier molecular flexibility index (Phi) is 5.36. The highest BCUT2D eigenvalue weighted by Gasteiger charge is 2.33. The van der Waals surface area contributed by atoms with Gasteiger partial charge in [-0.1, -0.05) is 42.5 Å². The molecule has 1 fully saturated rings. The minimum Gasteiger partial charge on any atom is -0.481 e. The number of rotatable bonds is 4. The molecule has 0 N–H and O–H groups in total. The van der Waals surface area contributed by atoms with Gasteiger partial charge in [0.25, 0.3) is 5.91 Å². The van der Waals surface area contributed by atoms with Crippen LogP contribution in [0.2, 0.25) is 0 Å². The second kappa shape index (κ2) is 8.31. The summed E-state index contributed by atoms with van der Waals surface area (Å²) in [6, 6.07) is 19.1. The van der Waals surface area contributed by atoms with Gasteiger partial charge in [-0.3, -0.25) is 9.69 Å². The first-order valence-electron chi connectivity index (χ1n) is 11.2. The molecule has 0 bridgehead atoms. The van der Waals surface area contributed by atoms with Crippen LogP contribution in [0, 0.1) is 0 Å². The molecule has 2 heterocycles. The van der Waals surface area contributed by atoms with E-state index in [0.29, 0.717) is 17.5 Å². The summed E-state index contributed by atoms with van der Waals surface area (Å²) in [7, 11) is 3.54. The smallest absolute Gasteiger partial charge is 0.254 e. The molecule has 1 atom stereocenters. The topological polar surface area (TPSA) is 45.7 Å². The van der Waals surface area contributed by atoms with E-state index in [1.165, 1.54) is 11.1 Å². The largest absolute Gasteiger partial charge is 0.481 e. The SMILES string of the molecule is COc1cc(C(=O)N(C)[C@@H]2CCCN(C3Cc4ccccc4C3)C2)c2ccccc2n1. The van der Waals surface area contributed by atoms with Crippen LogP contribution in [0.5, 0.6) is 5.88 Å². The number of aromatic nitrogens is 1. The van der Waals surface area contributed by atoms with Crippen molar-refractivity contribution in [2.75, 3.05) is 27.2 Å². The van der Waals surface area contributed by atoms with Gasteiger partial charge in [-0.05, 0) is 49.4 Å². The number of carbonyl (C=O) groups excluding carboxylic acids is 1. The van der Waals surface area contributed by atoms with Crippen molar-refractivity contribution in [3.63, 3.8) is 0 Å². The van der Waals surface area contributed by atoms with Gasteiger partial charge >= 0.3 is 0 Å². The molecule has 2 aromatic carbocycles. The van der Waals surface area contributed by atoms with Crippen LogP contribution in [0.1, 0.15) is 34.3 Å². The Labute approximate surface area is 183 Å². The molecule has 160 valence electrons. The van der Waals surface area contributed by atoms with Gasteiger partial charge in [-0.2, -0.15) is 0 Å². The number of hydrogen-bond donors (Lipinski definition) is 0. The molecule has 5 rings (SSSR count). The van der Waals surface area contributed by atoms with Crippen molar-refractivity contribution in [2.45, 2.75) is 37.8 Å². The molecule has 1 saturated heterocycles. The van der Waals surface area contributed by atoms with Gasteiger partial charge < -0.3 is 9.64 Å². The molecular formula is C26H29N3O2. The number of pyridine rings is 1. The van der Waals surface area contributed by atoms with Crippen molar-refractivity contribution >= 4 is 16.8 Å². The lowest BCUT2D eigenvalue weighted by Crippen LogP contribution is -2.51. The van der Waals surface area contributed by atoms with Crippen LogP contribution >= 0.6 is 0 Å². The standard InChI is InChI=1S/C26H29N3O2/c1-28(26(30)23-16-25(31-2)27-24-12-6-5-11-22(23)24)20-10-7-13-29(17-20)21-14-18-8-3-4-9-19(18)15-21/h3-6,8-9,11-12,16,20-21H,7,10,13-15,17H2,1-2H3/t20-/m1/s1. The van der Waals surface area contributed by atoms with Crippen LogP contribution < -0.4 is 4.74 Å². The average molecular weight is 416 g/mol. The number of hydrogen-bond acceptors (Lipinski definition) is 4. The first-order chi connectivity index (χ1) is 15.1. The Morgan fingerprint density at radius 1 is 1.10 bits per heavy atom. The summed E-state index contributed by atoms with van der Waals surface area (Å²) in [5, 5.41) is 0.874. The number of methoxy groups -OCH3 is 1. The van der Waals surface area contributed by atoms with Gasteiger partial charge in [0.2, 0.25) is 5.88 Å². The quantitative estimate of drug-likeness (QED) is 0.647. The first kappa shape index (κ1) is 20.0. The van der Waals surface area contributed by atoms with Crippen molar-refractivity contribution in [2.24, 2.45) is 0 Å². The third-order valence-electron chi connectivity index (χ3n) is 6.97. The summed E-state index contributed by atoms with van der Waals surface area (Å²) in [4.78, 5) is 22.6. The van der Waals surface area contributed by atoms with E-state index >= 15 is 0 Å². The van der Waals surface area contributed by atoms with Gasteiger partial charge in [0.05, 0.1) is 18.2 Å². The van der Waals surface area contributed by atoms with E-state index in [1.807, 2.05) is 36.2 Å². The second-order valence-corrected chi connectivity index (χ2v) is 8.77. The highest BCUT2D eigenvalue weighted by Crippen LogP contribution is 2.29. The summed E-state index contributed by atoms with van der Waals surface area (Å²) in [5.41, 5.74) is 4.41. The number of carbonyl (C=O) groups is 1. The summed E-state index contributed by atoms with van der Waals surface area (Å²) in [6.45, 7) is 2.05. The van der Waals surface area contributed by atoms with Crippen molar-refractivity contribution in [3.05, 3.63) is 71.3 Å². The predicted molar refractivity (Wildman–Crippen MR) is 123 cm³/mol. The Bertz CT molecular complexity index is 1090. The molecule has 31 heavy (non-hydrogen) atoms. The van der Waals surface area contributed by atoms with Crippen molar-refractivity contribution < 1.29 is 9.53 Å². The number of para-hydroxylation sites is 1. The monoisotopic (exact) mass is 415 g/mol. The van der Waals surface area contributed by atoms with Gasteiger partial charge in [0, 0.05) is 37.1 Å². The molecule has 1 aromatic heterocycles. The third-order valence-corrected chi connectivity index (χ3v) is 6.97. The summed E-state index contributed by atoms with van der Waals surface area (Å²) in [5.74, 6) is 0.517. The van der Waals surface area contributed by atoms with E-state index in [1.54, 1.807) is 13.2 Å². The fourth-order valence-corrected chi connectivity index (χ4v) is 5.21. The zero-order chi connectivity index (χ0) is 21.4. The van der Waals surface area contributed by atoms with E-state index in [-0.39, 0.29) is 11.9 Å². The number of ether oxygens (including phenoxy) is 1. The number of amides is 1. The highest BCUT2D eigenvalue weighted by molar-refractivity contribution is 6.06. The Morgan fingerprint density at radius 3 is 2.55 bits per heavy atom. The Balaban J connectivity index is 1.35. The molecule has 1 aliphatic heterocycles. The van der Waals surface area contributed by atoms with E-state index in [2.05, 4.69) is 34.1 Å². The molecule has 0 unspecified atom stereocenters. The van der Waals surface area contributed by atoms with E-state index in [4.69, 9.17) is 4.74 Å². The van der Waals surface area contributed by atoms with E-state index in [0.717, 1.165) is 49.7 Å². The van der Waals surface area contributed by atoms with E-state index in [9.17, 15) is 4.79 Å². The van der Waals surface area contributed by atoms with Gasteiger partial charge in [0.15, 0.2) is 0 Å². The molecule has 3 aromatic rings. The lowest BCUT2D eigenvalue weighted by Gasteiger charge is -2.40. The van der Waals surface area contributed by atoms with E-state index < -0.39 is 0 Å². The Morgan fingerprint density at radius 2 is 1.81 bits per heavy atom. The minimum atomic E-state index is 0.0402. The van der Waals surface area contributed by atoms with Crippen LogP contribution in [0.15, 0.2) is 54.6 Å². The average Bonchev–Trinajstić information content (AvgIpc) is 3.27. The molecule has 1 amide bonds. The third kappa shape index (κ3) is 3.79. The van der Waals surface area contributed by atoms with Crippen LogP contribution in [-0.4, -0.2) is 60.0 Å². The van der Waals surface area contributed by atoms with Crippen LogP contribution in [0.25, 0.3) is 10.9 Å². The maximum Gasteiger partial charge on any atom is 0.254 e. The van der Waals surface area contributed by atoms with Gasteiger partial charge in [0.1, 0.15) is 0 Å². The molecule has 0 radical (unpaired) electrons. The van der Waals surface area contributed by atoms with Crippen LogP contribution in [0.4, 0.5) is 0 Å². The fraction of sp³-hybridized carbons (Fsp3) is 0.385. The van der Waals surface area contributed by atoms with Gasteiger partial charge in [-0.15, -0.1) is 0 Å². The molecule has 0 spiro atoms. The number of benzene rings is 2. The lowest BCUT2D eigenvalue weighted by atomic mass is 10.00. The molecule has 2 aliphatic rings. The highest BCUT2D eigenvalue weighted by atomic mass is 16.5. The minimum absolute atomic E-state index is 0.0402. The van der Waals surface area contributed by atoms with Crippen LogP contribution in [0.3, 0.4) is 0 Å². The second-order valence-electron chi connectivity index (χ2n) is 8.77. The fourth-order valence-electron chi connectivity index (χ4n) is 5.21. The normalized spacial score (nSPS) is 19.4. The van der Waals surface area contributed by atoms with Crippen molar-refractivity contribution in [3.8, 4) is 5.88 Å². The van der Waals surface area contributed by atoms with Crippen molar-refractivity contribution in [1.29, 1.82) is 0 Å². The molecule has 5 nitrogen and oxygen atoms in total. The van der Waals surface area contributed by atoms with Crippen LogP contribution in [-0.2, 0) is 12.8 Å².